The zero-order chi connectivity index (χ0) is 9.97. The van der Waals surface area contributed by atoms with E-state index in [4.69, 9.17) is 5.11 Å². The van der Waals surface area contributed by atoms with Gasteiger partial charge in [0.2, 0.25) is 0 Å². The van der Waals surface area contributed by atoms with Crippen LogP contribution in [-0.2, 0) is 0 Å². The van der Waals surface area contributed by atoms with Crippen LogP contribution >= 0.6 is 15.9 Å². The van der Waals surface area contributed by atoms with Crippen molar-refractivity contribution in [2.75, 3.05) is 13.2 Å². The first-order chi connectivity index (χ1) is 6.79. The van der Waals surface area contributed by atoms with Gasteiger partial charge in [-0.1, -0.05) is 28.1 Å². The van der Waals surface area contributed by atoms with Crippen LogP contribution in [0.4, 0.5) is 0 Å². The first-order valence-corrected chi connectivity index (χ1v) is 5.68. The third-order valence-electron chi connectivity index (χ3n) is 2.78. The minimum Gasteiger partial charge on any atom is -0.395 e. The molecule has 1 aromatic rings. The molecule has 2 nitrogen and oxygen atoms in total. The summed E-state index contributed by atoms with van der Waals surface area (Å²) in [5, 5.41) is 12.3. The highest BCUT2D eigenvalue weighted by atomic mass is 79.9. The van der Waals surface area contributed by atoms with Gasteiger partial charge >= 0.3 is 0 Å². The Morgan fingerprint density at radius 2 is 2.07 bits per heavy atom. The molecule has 1 aliphatic rings. The van der Waals surface area contributed by atoms with E-state index in [1.807, 2.05) is 0 Å². The van der Waals surface area contributed by atoms with Crippen LogP contribution in [0.1, 0.15) is 17.9 Å². The van der Waals surface area contributed by atoms with Gasteiger partial charge in [0.05, 0.1) is 6.61 Å². The molecule has 14 heavy (non-hydrogen) atoms. The average Bonchev–Trinajstić information content (AvgIpc) is 2.67. The van der Waals surface area contributed by atoms with Crippen LogP contribution in [0.5, 0.6) is 0 Å². The van der Waals surface area contributed by atoms with Gasteiger partial charge in [0.15, 0.2) is 0 Å². The SMILES string of the molecule is OCC1CC(c2ccc(Br)cc2)CN1. The summed E-state index contributed by atoms with van der Waals surface area (Å²) >= 11 is 3.42. The third-order valence-corrected chi connectivity index (χ3v) is 3.31. The molecule has 2 atom stereocenters. The molecule has 1 heterocycles. The van der Waals surface area contributed by atoms with Crippen LogP contribution in [0, 0.1) is 0 Å². The number of halogens is 1. The zero-order valence-corrected chi connectivity index (χ0v) is 9.50. The topological polar surface area (TPSA) is 32.3 Å². The summed E-state index contributed by atoms with van der Waals surface area (Å²) < 4.78 is 1.12. The Labute approximate surface area is 92.5 Å². The van der Waals surface area contributed by atoms with Crippen LogP contribution in [0.2, 0.25) is 0 Å². The number of aliphatic hydroxyl groups is 1. The summed E-state index contributed by atoms with van der Waals surface area (Å²) in [4.78, 5) is 0. The fraction of sp³-hybridized carbons (Fsp3) is 0.455. The molecule has 0 aliphatic carbocycles. The molecule has 3 heteroatoms. The molecular formula is C11H14BrNO. The monoisotopic (exact) mass is 255 g/mol. The van der Waals surface area contributed by atoms with Gasteiger partial charge in [-0.25, -0.2) is 0 Å². The highest BCUT2D eigenvalue weighted by molar-refractivity contribution is 9.10. The van der Waals surface area contributed by atoms with Gasteiger partial charge in [-0.15, -0.1) is 0 Å². The fourth-order valence-electron chi connectivity index (χ4n) is 1.95. The van der Waals surface area contributed by atoms with Gasteiger partial charge in [0, 0.05) is 17.1 Å². The molecule has 1 aliphatic heterocycles. The molecule has 0 saturated carbocycles. The Kier molecular flexibility index (Phi) is 3.21. The second-order valence-electron chi connectivity index (χ2n) is 3.77. The maximum atomic E-state index is 9.00. The van der Waals surface area contributed by atoms with Crippen molar-refractivity contribution in [3.8, 4) is 0 Å². The molecule has 0 aromatic heterocycles. The van der Waals surface area contributed by atoms with E-state index in [0.29, 0.717) is 5.92 Å². The molecule has 2 unspecified atom stereocenters. The smallest absolute Gasteiger partial charge is 0.0584 e. The van der Waals surface area contributed by atoms with Crippen LogP contribution in [0.3, 0.4) is 0 Å². The zero-order valence-electron chi connectivity index (χ0n) is 7.91. The van der Waals surface area contributed by atoms with Gasteiger partial charge in [-0.3, -0.25) is 0 Å². The largest absolute Gasteiger partial charge is 0.395 e. The van der Waals surface area contributed by atoms with E-state index >= 15 is 0 Å². The standard InChI is InChI=1S/C11H14BrNO/c12-10-3-1-8(2-4-10)9-5-11(7-14)13-6-9/h1-4,9,11,13-14H,5-7H2. The normalized spacial score (nSPS) is 26.7. The van der Waals surface area contributed by atoms with E-state index in [1.165, 1.54) is 5.56 Å². The van der Waals surface area contributed by atoms with Crippen molar-refractivity contribution in [1.29, 1.82) is 0 Å². The number of hydrogen-bond acceptors (Lipinski definition) is 2. The van der Waals surface area contributed by atoms with Crippen LogP contribution in [0.15, 0.2) is 28.7 Å². The Morgan fingerprint density at radius 1 is 1.36 bits per heavy atom. The lowest BCUT2D eigenvalue weighted by molar-refractivity contribution is 0.254. The summed E-state index contributed by atoms with van der Waals surface area (Å²) in [5.74, 6) is 0.556. The number of benzene rings is 1. The first kappa shape index (κ1) is 10.1. The van der Waals surface area contributed by atoms with Crippen molar-refractivity contribution in [1.82, 2.24) is 5.32 Å². The maximum Gasteiger partial charge on any atom is 0.0584 e. The van der Waals surface area contributed by atoms with Gasteiger partial charge in [0.25, 0.3) is 0 Å². The lowest BCUT2D eigenvalue weighted by atomic mass is 9.97. The predicted molar refractivity (Wildman–Crippen MR) is 60.4 cm³/mol. The van der Waals surface area contributed by atoms with Crippen molar-refractivity contribution in [3.05, 3.63) is 34.3 Å². The number of rotatable bonds is 2. The lowest BCUT2D eigenvalue weighted by Gasteiger charge is -2.08. The summed E-state index contributed by atoms with van der Waals surface area (Å²) in [6.07, 6.45) is 1.04. The molecule has 2 N–H and O–H groups in total. The molecule has 2 rings (SSSR count). The third kappa shape index (κ3) is 2.16. The molecule has 1 saturated heterocycles. The highest BCUT2D eigenvalue weighted by Crippen LogP contribution is 2.26. The van der Waals surface area contributed by atoms with Crippen molar-refractivity contribution >= 4 is 15.9 Å². The van der Waals surface area contributed by atoms with Crippen molar-refractivity contribution < 1.29 is 5.11 Å². The van der Waals surface area contributed by atoms with Crippen molar-refractivity contribution in [3.63, 3.8) is 0 Å². The second-order valence-corrected chi connectivity index (χ2v) is 4.69. The number of hydrogen-bond donors (Lipinski definition) is 2. The summed E-state index contributed by atoms with van der Waals surface area (Å²) in [7, 11) is 0. The van der Waals surface area contributed by atoms with Gasteiger partial charge in [0.1, 0.15) is 0 Å². The van der Waals surface area contributed by atoms with E-state index < -0.39 is 0 Å². The fourth-order valence-corrected chi connectivity index (χ4v) is 2.21. The van der Waals surface area contributed by atoms with Gasteiger partial charge in [-0.2, -0.15) is 0 Å². The van der Waals surface area contributed by atoms with Gasteiger partial charge in [-0.05, 0) is 30.0 Å². The molecule has 0 bridgehead atoms. The van der Waals surface area contributed by atoms with Crippen molar-refractivity contribution in [2.24, 2.45) is 0 Å². The first-order valence-electron chi connectivity index (χ1n) is 4.89. The van der Waals surface area contributed by atoms with E-state index in [-0.39, 0.29) is 12.6 Å². The quantitative estimate of drug-likeness (QED) is 0.846. The van der Waals surface area contributed by atoms with E-state index in [0.717, 1.165) is 17.4 Å². The van der Waals surface area contributed by atoms with Gasteiger partial charge < -0.3 is 10.4 Å². The average molecular weight is 256 g/mol. The van der Waals surface area contributed by atoms with Crippen LogP contribution < -0.4 is 5.32 Å². The molecular weight excluding hydrogens is 242 g/mol. The minimum absolute atomic E-state index is 0.243. The van der Waals surface area contributed by atoms with E-state index in [9.17, 15) is 0 Å². The Hall–Kier alpha value is -0.380. The molecule has 76 valence electrons. The Morgan fingerprint density at radius 3 is 2.64 bits per heavy atom. The second kappa shape index (κ2) is 4.43. The summed E-state index contributed by atoms with van der Waals surface area (Å²) in [5.41, 5.74) is 1.36. The van der Waals surface area contributed by atoms with Crippen LogP contribution in [-0.4, -0.2) is 24.3 Å². The molecule has 1 aromatic carbocycles. The number of nitrogens with one attached hydrogen (secondary N) is 1. The predicted octanol–water partition coefficient (Wildman–Crippen LogP) is 1.89. The molecule has 0 spiro atoms. The van der Waals surface area contributed by atoms with Crippen molar-refractivity contribution in [2.45, 2.75) is 18.4 Å². The van der Waals surface area contributed by atoms with Crippen LogP contribution in [0.25, 0.3) is 0 Å². The minimum atomic E-state index is 0.243. The lowest BCUT2D eigenvalue weighted by Crippen LogP contribution is -2.24. The summed E-state index contributed by atoms with van der Waals surface area (Å²) in [6.45, 7) is 1.22. The Balaban J connectivity index is 2.06. The molecule has 1 fully saturated rings. The van der Waals surface area contributed by atoms with E-state index in [1.54, 1.807) is 0 Å². The summed E-state index contributed by atoms with van der Waals surface area (Å²) in [6, 6.07) is 8.72. The number of aliphatic hydroxyl groups excluding tert-OH is 1. The molecule has 0 radical (unpaired) electrons. The Bertz CT molecular complexity index is 299. The molecule has 0 amide bonds. The van der Waals surface area contributed by atoms with E-state index in [2.05, 4.69) is 45.5 Å². The maximum absolute atomic E-state index is 9.00. The highest BCUT2D eigenvalue weighted by Gasteiger charge is 2.24.